The number of nitrogens with zero attached hydrogens (tertiary/aromatic N) is 2. The Kier molecular flexibility index (Phi) is 3.29. The maximum atomic E-state index is 13.0. The third-order valence-corrected chi connectivity index (χ3v) is 4.70. The van der Waals surface area contributed by atoms with Crippen molar-refractivity contribution in [2.45, 2.75) is 31.6 Å². The normalized spacial score (nSPS) is 20.7. The maximum Gasteiger partial charge on any atom is 0.246 e. The molecule has 0 fully saturated rings. The van der Waals surface area contributed by atoms with Crippen molar-refractivity contribution in [1.29, 1.82) is 5.26 Å². The van der Waals surface area contributed by atoms with Gasteiger partial charge in [0.2, 0.25) is 11.8 Å². The number of benzene rings is 1. The first kappa shape index (κ1) is 15.3. The predicted octanol–water partition coefficient (Wildman–Crippen LogP) is 2.37. The molecule has 0 aliphatic carbocycles. The van der Waals surface area contributed by atoms with Crippen LogP contribution in [0.25, 0.3) is 0 Å². The second-order valence-electron chi connectivity index (χ2n) is 6.16. The van der Waals surface area contributed by atoms with Crippen LogP contribution in [0, 0.1) is 11.3 Å². The van der Waals surface area contributed by atoms with E-state index in [1.807, 2.05) is 18.2 Å². The SMILES string of the molecule is CCCCc1nc2c(o1)NC(N)=C(C#N)[C@]21C(=O)Nc2ccccc21. The summed E-state index contributed by atoms with van der Waals surface area (Å²) in [5, 5.41) is 15.5. The van der Waals surface area contributed by atoms with Gasteiger partial charge in [-0.05, 0) is 12.5 Å². The van der Waals surface area contributed by atoms with Gasteiger partial charge in [0, 0.05) is 17.7 Å². The molecule has 1 aromatic heterocycles. The standard InChI is InChI=1S/C18H17N5O2/c1-2-3-8-13-22-14-16(25-13)23-15(20)11(9-19)18(14)10-6-4-5-7-12(10)21-17(18)24/h4-7,23H,2-3,8,20H2,1H3,(H,21,24)/t18-/m0/s1. The minimum absolute atomic E-state index is 0.111. The van der Waals surface area contributed by atoms with Crippen LogP contribution in [-0.4, -0.2) is 10.9 Å². The summed E-state index contributed by atoms with van der Waals surface area (Å²) in [5.41, 5.74) is 6.54. The number of rotatable bonds is 3. The number of carbonyl (C=O) groups excluding carboxylic acids is 1. The minimum Gasteiger partial charge on any atom is -0.425 e. The topological polar surface area (TPSA) is 117 Å². The minimum atomic E-state index is -1.37. The van der Waals surface area contributed by atoms with Gasteiger partial charge in [-0.1, -0.05) is 31.5 Å². The molecule has 0 unspecified atom stereocenters. The molecule has 2 aliphatic heterocycles. The number of nitriles is 1. The van der Waals surface area contributed by atoms with Gasteiger partial charge in [-0.2, -0.15) is 5.26 Å². The Morgan fingerprint density at radius 3 is 2.92 bits per heavy atom. The number of nitrogens with one attached hydrogen (secondary N) is 2. The summed E-state index contributed by atoms with van der Waals surface area (Å²) in [4.78, 5) is 17.6. The Morgan fingerprint density at radius 1 is 1.36 bits per heavy atom. The van der Waals surface area contributed by atoms with E-state index in [1.165, 1.54) is 0 Å². The first-order valence-electron chi connectivity index (χ1n) is 8.21. The highest BCUT2D eigenvalue weighted by atomic mass is 16.4. The summed E-state index contributed by atoms with van der Waals surface area (Å²) in [5.74, 6) is 0.628. The molecule has 7 heteroatoms. The van der Waals surface area contributed by atoms with Crippen LogP contribution in [0.2, 0.25) is 0 Å². The monoisotopic (exact) mass is 335 g/mol. The van der Waals surface area contributed by atoms with E-state index in [2.05, 4.69) is 28.6 Å². The fraction of sp³-hybridized carbons (Fsp3) is 0.278. The Bertz CT molecular complexity index is 953. The van der Waals surface area contributed by atoms with Crippen LogP contribution in [0.4, 0.5) is 11.6 Å². The number of hydrogen-bond donors (Lipinski definition) is 3. The predicted molar refractivity (Wildman–Crippen MR) is 91.4 cm³/mol. The van der Waals surface area contributed by atoms with Gasteiger partial charge >= 0.3 is 0 Å². The second kappa shape index (κ2) is 5.38. The van der Waals surface area contributed by atoms with Crippen molar-refractivity contribution >= 4 is 17.5 Å². The van der Waals surface area contributed by atoms with Gasteiger partial charge in [-0.15, -0.1) is 0 Å². The highest BCUT2D eigenvalue weighted by molar-refractivity contribution is 6.12. The molecule has 1 spiro atoms. The molecule has 1 atom stereocenters. The molecule has 1 aromatic carbocycles. The van der Waals surface area contributed by atoms with Gasteiger partial charge in [0.05, 0.1) is 5.57 Å². The van der Waals surface area contributed by atoms with Crippen molar-refractivity contribution in [3.63, 3.8) is 0 Å². The summed E-state index contributed by atoms with van der Waals surface area (Å²) in [6.45, 7) is 2.08. The Morgan fingerprint density at radius 2 is 2.16 bits per heavy atom. The van der Waals surface area contributed by atoms with Crippen LogP contribution in [0.3, 0.4) is 0 Å². The van der Waals surface area contributed by atoms with Crippen LogP contribution >= 0.6 is 0 Å². The van der Waals surface area contributed by atoms with E-state index in [0.29, 0.717) is 35.1 Å². The Hall–Kier alpha value is -3.27. The number of nitrogens with two attached hydrogens (primary N) is 1. The van der Waals surface area contributed by atoms with E-state index in [0.717, 1.165) is 12.8 Å². The molecule has 25 heavy (non-hydrogen) atoms. The molecule has 3 heterocycles. The second-order valence-corrected chi connectivity index (χ2v) is 6.16. The number of hydrogen-bond acceptors (Lipinski definition) is 6. The van der Waals surface area contributed by atoms with Crippen molar-refractivity contribution in [1.82, 2.24) is 4.98 Å². The zero-order valence-electron chi connectivity index (χ0n) is 13.7. The van der Waals surface area contributed by atoms with Crippen molar-refractivity contribution in [2.75, 3.05) is 10.6 Å². The number of para-hydroxylation sites is 1. The number of aromatic nitrogens is 1. The lowest BCUT2D eigenvalue weighted by Gasteiger charge is -2.30. The first-order chi connectivity index (χ1) is 12.1. The van der Waals surface area contributed by atoms with Crippen LogP contribution in [-0.2, 0) is 16.6 Å². The van der Waals surface area contributed by atoms with Gasteiger partial charge in [0.15, 0.2) is 11.3 Å². The molecule has 2 aliphatic rings. The van der Waals surface area contributed by atoms with Crippen LogP contribution < -0.4 is 16.4 Å². The number of carbonyl (C=O) groups is 1. The largest absolute Gasteiger partial charge is 0.425 e. The van der Waals surface area contributed by atoms with E-state index in [4.69, 9.17) is 10.2 Å². The smallest absolute Gasteiger partial charge is 0.246 e. The summed E-state index contributed by atoms with van der Waals surface area (Å²) in [6.07, 6.45) is 2.58. The number of unbranched alkanes of at least 4 members (excludes halogenated alkanes) is 1. The van der Waals surface area contributed by atoms with Crippen molar-refractivity contribution in [3.8, 4) is 6.07 Å². The highest BCUT2D eigenvalue weighted by Crippen LogP contribution is 2.52. The molecular weight excluding hydrogens is 318 g/mol. The molecule has 4 N–H and O–H groups in total. The third kappa shape index (κ3) is 1.91. The first-order valence-corrected chi connectivity index (χ1v) is 8.21. The molecule has 126 valence electrons. The lowest BCUT2D eigenvalue weighted by atomic mass is 9.71. The van der Waals surface area contributed by atoms with Crippen molar-refractivity contribution in [2.24, 2.45) is 5.73 Å². The zero-order chi connectivity index (χ0) is 17.6. The molecular formula is C18H17N5O2. The molecule has 2 aromatic rings. The highest BCUT2D eigenvalue weighted by Gasteiger charge is 2.58. The van der Waals surface area contributed by atoms with E-state index >= 15 is 0 Å². The van der Waals surface area contributed by atoms with Gasteiger partial charge in [-0.25, -0.2) is 4.98 Å². The molecule has 0 bridgehead atoms. The number of amides is 1. The van der Waals surface area contributed by atoms with Gasteiger partial charge in [-0.3, -0.25) is 4.79 Å². The Labute approximate surface area is 144 Å². The zero-order valence-corrected chi connectivity index (χ0v) is 13.7. The van der Waals surface area contributed by atoms with Crippen LogP contribution in [0.1, 0.15) is 36.9 Å². The Balaban J connectivity index is 1.99. The summed E-state index contributed by atoms with van der Waals surface area (Å²) in [6, 6.07) is 9.37. The number of fused-ring (bicyclic) bond motifs is 4. The third-order valence-electron chi connectivity index (χ3n) is 4.70. The average Bonchev–Trinajstić information content (AvgIpc) is 3.13. The molecule has 0 saturated heterocycles. The van der Waals surface area contributed by atoms with E-state index in [9.17, 15) is 10.1 Å². The number of aryl methyl sites for hydroxylation is 1. The number of anilines is 2. The molecule has 7 nitrogen and oxygen atoms in total. The van der Waals surface area contributed by atoms with E-state index < -0.39 is 5.41 Å². The van der Waals surface area contributed by atoms with Gasteiger partial charge in [0.1, 0.15) is 17.6 Å². The van der Waals surface area contributed by atoms with Gasteiger partial charge < -0.3 is 20.8 Å². The van der Waals surface area contributed by atoms with Crippen LogP contribution in [0.15, 0.2) is 40.1 Å². The van der Waals surface area contributed by atoms with E-state index in [1.54, 1.807) is 6.07 Å². The lowest BCUT2D eigenvalue weighted by molar-refractivity contribution is -0.118. The fourth-order valence-corrected chi connectivity index (χ4v) is 3.53. The summed E-state index contributed by atoms with van der Waals surface area (Å²) < 4.78 is 5.80. The van der Waals surface area contributed by atoms with E-state index in [-0.39, 0.29) is 17.3 Å². The van der Waals surface area contributed by atoms with Crippen LogP contribution in [0.5, 0.6) is 0 Å². The maximum absolute atomic E-state index is 13.0. The average molecular weight is 335 g/mol. The summed E-state index contributed by atoms with van der Waals surface area (Å²) >= 11 is 0. The lowest BCUT2D eigenvalue weighted by Crippen LogP contribution is -2.43. The molecule has 4 rings (SSSR count). The molecule has 0 radical (unpaired) electrons. The fourth-order valence-electron chi connectivity index (χ4n) is 3.53. The molecule has 1 amide bonds. The molecule has 0 saturated carbocycles. The summed E-state index contributed by atoms with van der Waals surface area (Å²) in [7, 11) is 0. The van der Waals surface area contributed by atoms with Crippen molar-refractivity contribution in [3.05, 3.63) is 52.8 Å². The number of oxazole rings is 1. The quantitative estimate of drug-likeness (QED) is 0.793. The van der Waals surface area contributed by atoms with Gasteiger partial charge in [0.25, 0.3) is 0 Å². The van der Waals surface area contributed by atoms with Crippen molar-refractivity contribution < 1.29 is 9.21 Å².